The number of hydrogen-bond acceptors (Lipinski definition) is 5. The Morgan fingerprint density at radius 1 is 1.15 bits per heavy atom. The zero-order chi connectivity index (χ0) is 17.9. The van der Waals surface area contributed by atoms with E-state index in [1.165, 1.54) is 0 Å². The minimum absolute atomic E-state index is 0.0140. The second-order valence-corrected chi connectivity index (χ2v) is 6.27. The topological polar surface area (TPSA) is 73.8 Å². The van der Waals surface area contributed by atoms with Crippen molar-refractivity contribution in [3.63, 3.8) is 0 Å². The number of nitrogens with one attached hydrogen (secondary N) is 2. The van der Waals surface area contributed by atoms with Crippen LogP contribution >= 0.6 is 0 Å². The second-order valence-electron chi connectivity index (χ2n) is 6.27. The predicted octanol–water partition coefficient (Wildman–Crippen LogP) is 1.54. The number of ether oxygens (including phenoxy) is 1. The second kappa shape index (κ2) is 7.19. The normalized spacial score (nSPS) is 21.8. The van der Waals surface area contributed by atoms with Gasteiger partial charge in [-0.2, -0.15) is 0 Å². The highest BCUT2D eigenvalue weighted by Crippen LogP contribution is 2.39. The minimum Gasteiger partial charge on any atom is -0.491 e. The lowest BCUT2D eigenvalue weighted by molar-refractivity contribution is -0.125. The number of rotatable bonds is 5. The van der Waals surface area contributed by atoms with E-state index in [1.54, 1.807) is 0 Å². The molecule has 0 bridgehead atoms. The van der Waals surface area contributed by atoms with E-state index in [-0.39, 0.29) is 31.2 Å². The lowest BCUT2D eigenvalue weighted by Crippen LogP contribution is -2.58. The van der Waals surface area contributed by atoms with Gasteiger partial charge in [-0.3, -0.25) is 10.1 Å². The number of benzene rings is 2. The Labute approximate surface area is 152 Å². The molecule has 2 aromatic carbocycles. The summed E-state index contributed by atoms with van der Waals surface area (Å²) in [7, 11) is 0. The molecule has 134 valence electrons. The van der Waals surface area contributed by atoms with Crippen LogP contribution in [-0.4, -0.2) is 37.1 Å². The number of amides is 1. The predicted molar refractivity (Wildman–Crippen MR) is 99.3 cm³/mol. The number of nitrogens with zero attached hydrogens (tertiary/aromatic N) is 1. The van der Waals surface area contributed by atoms with Gasteiger partial charge >= 0.3 is 0 Å². The van der Waals surface area contributed by atoms with Crippen LogP contribution in [0.2, 0.25) is 0 Å². The highest BCUT2D eigenvalue weighted by Gasteiger charge is 2.43. The van der Waals surface area contributed by atoms with Gasteiger partial charge in [-0.1, -0.05) is 30.3 Å². The first-order valence-corrected chi connectivity index (χ1v) is 8.68. The molecule has 1 amide bonds. The summed E-state index contributed by atoms with van der Waals surface area (Å²) in [5, 5.41) is 15.2. The molecule has 0 aromatic heterocycles. The Morgan fingerprint density at radius 2 is 2.00 bits per heavy atom. The third kappa shape index (κ3) is 3.05. The van der Waals surface area contributed by atoms with Gasteiger partial charge in [0.15, 0.2) is 0 Å². The average molecular weight is 351 g/mol. The molecule has 2 aliphatic rings. The average Bonchev–Trinajstić information content (AvgIpc) is 3.08. The third-order valence-electron chi connectivity index (χ3n) is 4.67. The van der Waals surface area contributed by atoms with Crippen molar-refractivity contribution >= 4 is 17.2 Å². The van der Waals surface area contributed by atoms with Crippen LogP contribution in [0.1, 0.15) is 5.56 Å². The van der Waals surface area contributed by atoms with Gasteiger partial charge in [-0.15, -0.1) is 0 Å². The molecule has 2 atom stereocenters. The van der Waals surface area contributed by atoms with Crippen molar-refractivity contribution in [3.8, 4) is 5.75 Å². The number of carbonyl (C=O) groups excluding carboxylic acids is 1. The molecule has 0 aliphatic carbocycles. The fraction of sp³-hybridized carbons (Fsp3) is 0.250. The molecule has 4 rings (SSSR count). The van der Waals surface area contributed by atoms with Crippen LogP contribution in [0.3, 0.4) is 0 Å². The zero-order valence-corrected chi connectivity index (χ0v) is 14.3. The molecular formula is C20H21N3O3. The molecule has 2 unspecified atom stereocenters. The lowest BCUT2D eigenvalue weighted by Gasteiger charge is -2.34. The standard InChI is InChI=1S/C20H21N3O3/c24-9-10-26-16-8-4-5-14(11-16)17-12-23(15-6-2-1-3-7-15)19-18(17)20(25)22-13-21-19/h1-8,11-12,18-19,21,24H,9-10,13H2,(H,22,25). The van der Waals surface area contributed by atoms with Gasteiger partial charge in [0, 0.05) is 11.9 Å². The van der Waals surface area contributed by atoms with Gasteiger partial charge in [0.1, 0.15) is 18.5 Å². The molecule has 0 saturated carbocycles. The first-order valence-electron chi connectivity index (χ1n) is 8.68. The molecule has 3 N–H and O–H groups in total. The first-order chi connectivity index (χ1) is 12.8. The Morgan fingerprint density at radius 3 is 2.81 bits per heavy atom. The van der Waals surface area contributed by atoms with Gasteiger partial charge in [0.2, 0.25) is 5.91 Å². The van der Waals surface area contributed by atoms with Crippen molar-refractivity contribution < 1.29 is 14.6 Å². The van der Waals surface area contributed by atoms with Crippen molar-refractivity contribution in [1.29, 1.82) is 0 Å². The van der Waals surface area contributed by atoms with Crippen LogP contribution in [-0.2, 0) is 4.79 Å². The summed E-state index contributed by atoms with van der Waals surface area (Å²) in [4.78, 5) is 14.7. The molecule has 0 spiro atoms. The van der Waals surface area contributed by atoms with Gasteiger partial charge in [-0.05, 0) is 35.4 Å². The van der Waals surface area contributed by atoms with E-state index in [9.17, 15) is 4.79 Å². The zero-order valence-electron chi connectivity index (χ0n) is 14.3. The van der Waals surface area contributed by atoms with Crippen LogP contribution in [0.4, 0.5) is 5.69 Å². The Balaban J connectivity index is 1.72. The summed E-state index contributed by atoms with van der Waals surface area (Å²) in [5.41, 5.74) is 2.91. The number of carbonyl (C=O) groups is 1. The SMILES string of the molecule is O=C1NCNC2C1C(c1cccc(OCCO)c1)=CN2c1ccccc1. The molecule has 26 heavy (non-hydrogen) atoms. The van der Waals surface area contributed by atoms with Gasteiger partial charge in [-0.25, -0.2) is 0 Å². The Bertz CT molecular complexity index is 822. The number of aliphatic hydroxyl groups excluding tert-OH is 1. The molecule has 6 heteroatoms. The molecule has 2 heterocycles. The maximum absolute atomic E-state index is 12.6. The van der Waals surface area contributed by atoms with E-state index >= 15 is 0 Å². The van der Waals surface area contributed by atoms with Crippen LogP contribution in [0, 0.1) is 5.92 Å². The van der Waals surface area contributed by atoms with Crippen LogP contribution in [0.25, 0.3) is 5.57 Å². The van der Waals surface area contributed by atoms with E-state index in [0.29, 0.717) is 12.4 Å². The summed E-state index contributed by atoms with van der Waals surface area (Å²) < 4.78 is 5.52. The fourth-order valence-electron chi connectivity index (χ4n) is 3.51. The monoisotopic (exact) mass is 351 g/mol. The molecule has 6 nitrogen and oxygen atoms in total. The lowest BCUT2D eigenvalue weighted by atomic mass is 9.91. The fourth-order valence-corrected chi connectivity index (χ4v) is 3.51. The first kappa shape index (κ1) is 16.6. The van der Waals surface area contributed by atoms with E-state index in [4.69, 9.17) is 9.84 Å². The van der Waals surface area contributed by atoms with E-state index in [0.717, 1.165) is 16.8 Å². The summed E-state index contributed by atoms with van der Waals surface area (Å²) in [6.07, 6.45) is 1.91. The maximum atomic E-state index is 12.6. The Hall–Kier alpha value is -2.83. The van der Waals surface area contributed by atoms with Crippen LogP contribution in [0.15, 0.2) is 60.8 Å². The smallest absolute Gasteiger partial charge is 0.232 e. The quantitative estimate of drug-likeness (QED) is 0.762. The van der Waals surface area contributed by atoms with E-state index in [2.05, 4.69) is 15.5 Å². The van der Waals surface area contributed by atoms with Gasteiger partial charge in [0.05, 0.1) is 19.2 Å². The van der Waals surface area contributed by atoms with Gasteiger partial charge in [0.25, 0.3) is 0 Å². The minimum atomic E-state index is -0.308. The van der Waals surface area contributed by atoms with Crippen molar-refractivity contribution in [1.82, 2.24) is 10.6 Å². The number of aliphatic hydroxyl groups is 1. The molecule has 2 aliphatic heterocycles. The molecule has 1 fully saturated rings. The van der Waals surface area contributed by atoms with Crippen molar-refractivity contribution in [2.45, 2.75) is 6.17 Å². The van der Waals surface area contributed by atoms with E-state index < -0.39 is 0 Å². The summed E-state index contributed by atoms with van der Waals surface area (Å²) in [6, 6.07) is 17.7. The number of hydrogen-bond donors (Lipinski definition) is 3. The summed E-state index contributed by atoms with van der Waals surface area (Å²) >= 11 is 0. The maximum Gasteiger partial charge on any atom is 0.232 e. The molecule has 2 aromatic rings. The number of anilines is 1. The highest BCUT2D eigenvalue weighted by molar-refractivity contribution is 5.96. The molecule has 1 saturated heterocycles. The highest BCUT2D eigenvalue weighted by atomic mass is 16.5. The van der Waals surface area contributed by atoms with Gasteiger partial charge < -0.3 is 20.1 Å². The number of para-hydroxylation sites is 1. The van der Waals surface area contributed by atoms with Crippen LogP contribution in [0.5, 0.6) is 5.75 Å². The Kier molecular flexibility index (Phi) is 4.60. The van der Waals surface area contributed by atoms with Crippen molar-refractivity contribution in [2.24, 2.45) is 5.92 Å². The largest absolute Gasteiger partial charge is 0.491 e. The molecule has 0 radical (unpaired) electrons. The number of fused-ring (bicyclic) bond motifs is 1. The molecular weight excluding hydrogens is 330 g/mol. The summed E-state index contributed by atoms with van der Waals surface area (Å²) in [5.74, 6) is 0.383. The van der Waals surface area contributed by atoms with Crippen molar-refractivity contribution in [3.05, 3.63) is 66.4 Å². The summed E-state index contributed by atoms with van der Waals surface area (Å²) in [6.45, 7) is 0.655. The van der Waals surface area contributed by atoms with Crippen LogP contribution < -0.4 is 20.3 Å². The third-order valence-corrected chi connectivity index (χ3v) is 4.67. The van der Waals surface area contributed by atoms with E-state index in [1.807, 2.05) is 60.8 Å². The van der Waals surface area contributed by atoms with Crippen molar-refractivity contribution in [2.75, 3.05) is 24.8 Å².